The molecule has 2 fully saturated rings. The van der Waals surface area contributed by atoms with Crippen molar-refractivity contribution in [2.45, 2.75) is 31.4 Å². The van der Waals surface area contributed by atoms with Crippen molar-refractivity contribution < 1.29 is 4.74 Å². The molecule has 1 aromatic heterocycles. The highest BCUT2D eigenvalue weighted by molar-refractivity contribution is 5.45. The van der Waals surface area contributed by atoms with Crippen LogP contribution in [0, 0.1) is 0 Å². The Morgan fingerprint density at radius 3 is 3.24 bits per heavy atom. The van der Waals surface area contributed by atoms with Crippen LogP contribution in [-0.4, -0.2) is 42.3 Å². The lowest BCUT2D eigenvalue weighted by Crippen LogP contribution is -2.49. The molecule has 1 N–H and O–H groups in total. The van der Waals surface area contributed by atoms with Crippen molar-refractivity contribution in [3.63, 3.8) is 0 Å². The van der Waals surface area contributed by atoms with Crippen LogP contribution < -0.4 is 10.2 Å². The zero-order valence-electron chi connectivity index (χ0n) is 10.1. The highest BCUT2D eigenvalue weighted by atomic mass is 16.5. The first-order valence-corrected chi connectivity index (χ1v) is 6.26. The molecule has 1 saturated carbocycles. The van der Waals surface area contributed by atoms with Crippen molar-refractivity contribution in [3.05, 3.63) is 12.4 Å². The van der Waals surface area contributed by atoms with Crippen LogP contribution >= 0.6 is 0 Å². The van der Waals surface area contributed by atoms with E-state index in [2.05, 4.69) is 20.2 Å². The molecule has 2 unspecified atom stereocenters. The van der Waals surface area contributed by atoms with Gasteiger partial charge in [0, 0.05) is 13.6 Å². The van der Waals surface area contributed by atoms with Crippen molar-refractivity contribution in [1.29, 1.82) is 0 Å². The molecular formula is C12H18N4O. The Kier molecular flexibility index (Phi) is 2.84. The van der Waals surface area contributed by atoms with Crippen molar-refractivity contribution >= 4 is 11.6 Å². The smallest absolute Gasteiger partial charge is 0.149 e. The molecule has 0 aromatic carbocycles. The zero-order chi connectivity index (χ0) is 11.7. The Morgan fingerprint density at radius 1 is 1.41 bits per heavy atom. The van der Waals surface area contributed by atoms with E-state index in [1.54, 1.807) is 6.20 Å². The summed E-state index contributed by atoms with van der Waals surface area (Å²) in [5.74, 6) is 1.79. The van der Waals surface area contributed by atoms with Gasteiger partial charge in [0.05, 0.1) is 31.1 Å². The van der Waals surface area contributed by atoms with Crippen LogP contribution in [0.4, 0.5) is 11.6 Å². The Labute approximate surface area is 101 Å². The topological polar surface area (TPSA) is 50.3 Å². The monoisotopic (exact) mass is 234 g/mol. The summed E-state index contributed by atoms with van der Waals surface area (Å²) in [6.45, 7) is 1.72. The third kappa shape index (κ3) is 1.95. The average Bonchev–Trinajstić information content (AvgIpc) is 2.87. The number of anilines is 2. The van der Waals surface area contributed by atoms with Crippen LogP contribution in [0.3, 0.4) is 0 Å². The summed E-state index contributed by atoms with van der Waals surface area (Å²) in [5.41, 5.74) is 0. The number of nitrogens with one attached hydrogen (secondary N) is 1. The van der Waals surface area contributed by atoms with Gasteiger partial charge in [-0.05, 0) is 19.3 Å². The van der Waals surface area contributed by atoms with E-state index in [9.17, 15) is 0 Å². The van der Waals surface area contributed by atoms with Crippen LogP contribution in [0.15, 0.2) is 12.4 Å². The summed E-state index contributed by atoms with van der Waals surface area (Å²) >= 11 is 0. The van der Waals surface area contributed by atoms with Gasteiger partial charge in [0.2, 0.25) is 0 Å². The maximum atomic E-state index is 5.80. The van der Waals surface area contributed by atoms with Crippen molar-refractivity contribution in [2.24, 2.45) is 0 Å². The van der Waals surface area contributed by atoms with E-state index in [1.165, 1.54) is 19.3 Å². The number of fused-ring (bicyclic) bond motifs is 1. The lowest BCUT2D eigenvalue weighted by molar-refractivity contribution is 0.0253. The second kappa shape index (κ2) is 4.49. The zero-order valence-corrected chi connectivity index (χ0v) is 10.1. The molecule has 92 valence electrons. The van der Waals surface area contributed by atoms with Gasteiger partial charge in [0.25, 0.3) is 0 Å². The molecule has 0 spiro atoms. The quantitative estimate of drug-likeness (QED) is 0.835. The minimum absolute atomic E-state index is 0.392. The van der Waals surface area contributed by atoms with Crippen LogP contribution in [-0.2, 0) is 4.74 Å². The number of hydrogen-bond donors (Lipinski definition) is 1. The molecule has 1 aliphatic heterocycles. The molecule has 1 saturated heterocycles. The third-order valence-electron chi connectivity index (χ3n) is 3.65. The van der Waals surface area contributed by atoms with Gasteiger partial charge in [-0.15, -0.1) is 0 Å². The maximum absolute atomic E-state index is 5.80. The van der Waals surface area contributed by atoms with Gasteiger partial charge in [0.1, 0.15) is 11.6 Å². The van der Waals surface area contributed by atoms with E-state index in [-0.39, 0.29) is 0 Å². The van der Waals surface area contributed by atoms with Crippen molar-refractivity contribution in [2.75, 3.05) is 30.4 Å². The summed E-state index contributed by atoms with van der Waals surface area (Å²) in [6.07, 6.45) is 7.63. The molecule has 0 radical (unpaired) electrons. The Balaban J connectivity index is 1.86. The fourth-order valence-corrected chi connectivity index (χ4v) is 2.82. The molecule has 2 aliphatic rings. The van der Waals surface area contributed by atoms with E-state index in [4.69, 9.17) is 4.74 Å². The molecule has 1 aromatic rings. The highest BCUT2D eigenvalue weighted by Gasteiger charge is 2.36. The van der Waals surface area contributed by atoms with Gasteiger partial charge in [0.15, 0.2) is 0 Å². The van der Waals surface area contributed by atoms with Crippen LogP contribution in [0.5, 0.6) is 0 Å². The largest absolute Gasteiger partial charge is 0.374 e. The van der Waals surface area contributed by atoms with Gasteiger partial charge >= 0.3 is 0 Å². The number of morpholine rings is 1. The molecule has 0 bridgehead atoms. The molecule has 3 rings (SSSR count). The molecular weight excluding hydrogens is 216 g/mol. The van der Waals surface area contributed by atoms with Crippen LogP contribution in [0.1, 0.15) is 19.3 Å². The Bertz CT molecular complexity index is 398. The number of nitrogens with zero attached hydrogens (tertiary/aromatic N) is 3. The van der Waals surface area contributed by atoms with Crippen LogP contribution in [0.25, 0.3) is 0 Å². The predicted octanol–water partition coefficient (Wildman–Crippen LogP) is 1.28. The highest BCUT2D eigenvalue weighted by Crippen LogP contribution is 2.32. The standard InChI is InChI=1S/C12H18N4O/c1-13-11-7-14-8-12(15-11)16-5-6-17-10-4-2-3-9(10)16/h7-10H,2-6H2,1H3,(H,13,15). The normalized spacial score (nSPS) is 27.9. The minimum Gasteiger partial charge on any atom is -0.374 e. The summed E-state index contributed by atoms with van der Waals surface area (Å²) in [5, 5.41) is 3.03. The Hall–Kier alpha value is -1.36. The summed E-state index contributed by atoms with van der Waals surface area (Å²) in [4.78, 5) is 11.2. The molecule has 0 amide bonds. The van der Waals surface area contributed by atoms with Crippen LogP contribution in [0.2, 0.25) is 0 Å². The molecule has 5 heteroatoms. The molecule has 17 heavy (non-hydrogen) atoms. The van der Waals surface area contributed by atoms with Crippen molar-refractivity contribution in [3.8, 4) is 0 Å². The van der Waals surface area contributed by atoms with E-state index >= 15 is 0 Å². The van der Waals surface area contributed by atoms with Gasteiger partial charge < -0.3 is 15.0 Å². The molecule has 2 heterocycles. The van der Waals surface area contributed by atoms with E-state index in [0.717, 1.165) is 24.8 Å². The van der Waals surface area contributed by atoms with Gasteiger partial charge in [-0.25, -0.2) is 4.98 Å². The first kappa shape index (κ1) is 10.8. The lowest BCUT2D eigenvalue weighted by atomic mass is 10.1. The maximum Gasteiger partial charge on any atom is 0.149 e. The second-order valence-electron chi connectivity index (χ2n) is 4.61. The predicted molar refractivity (Wildman–Crippen MR) is 66.3 cm³/mol. The Morgan fingerprint density at radius 2 is 2.35 bits per heavy atom. The average molecular weight is 234 g/mol. The lowest BCUT2D eigenvalue weighted by Gasteiger charge is -2.38. The first-order valence-electron chi connectivity index (χ1n) is 6.26. The van der Waals surface area contributed by atoms with E-state index < -0.39 is 0 Å². The van der Waals surface area contributed by atoms with Gasteiger partial charge in [-0.2, -0.15) is 0 Å². The third-order valence-corrected chi connectivity index (χ3v) is 3.65. The summed E-state index contributed by atoms with van der Waals surface area (Å²) in [6, 6.07) is 0.491. The fraction of sp³-hybridized carbons (Fsp3) is 0.667. The second-order valence-corrected chi connectivity index (χ2v) is 4.61. The number of rotatable bonds is 2. The summed E-state index contributed by atoms with van der Waals surface area (Å²) < 4.78 is 5.80. The van der Waals surface area contributed by atoms with Gasteiger partial charge in [-0.1, -0.05) is 0 Å². The van der Waals surface area contributed by atoms with Gasteiger partial charge in [-0.3, -0.25) is 4.98 Å². The first-order chi connectivity index (χ1) is 8.38. The molecule has 1 aliphatic carbocycles. The van der Waals surface area contributed by atoms with E-state index in [0.29, 0.717) is 12.1 Å². The molecule has 2 atom stereocenters. The number of hydrogen-bond acceptors (Lipinski definition) is 5. The molecule has 5 nitrogen and oxygen atoms in total. The number of ether oxygens (including phenoxy) is 1. The fourth-order valence-electron chi connectivity index (χ4n) is 2.82. The van der Waals surface area contributed by atoms with E-state index in [1.807, 2.05) is 13.2 Å². The SMILES string of the molecule is CNc1cncc(N2CCOC3CCCC32)n1. The van der Waals surface area contributed by atoms with Crippen molar-refractivity contribution in [1.82, 2.24) is 9.97 Å². The summed E-state index contributed by atoms with van der Waals surface area (Å²) in [7, 11) is 1.87. The minimum atomic E-state index is 0.392. The number of aromatic nitrogens is 2.